The Kier molecular flexibility index (Phi) is 2.65. The minimum Gasteiger partial charge on any atom is -0.359 e. The molecule has 3 aromatic rings. The average Bonchev–Trinajstić information content (AvgIpc) is 2.82. The highest BCUT2D eigenvalue weighted by atomic mass is 16.5. The second-order valence-electron chi connectivity index (χ2n) is 4.12. The topological polar surface area (TPSA) is 38.4 Å². The van der Waals surface area contributed by atoms with Gasteiger partial charge >= 0.3 is 0 Å². The average molecular weight is 236 g/mol. The first-order chi connectivity index (χ1) is 8.83. The molecule has 18 heavy (non-hydrogen) atoms. The van der Waals surface area contributed by atoms with E-state index in [4.69, 9.17) is 4.52 Å². The zero-order valence-electron chi connectivity index (χ0n) is 10.00. The van der Waals surface area contributed by atoms with E-state index in [2.05, 4.69) is 28.3 Å². The third-order valence-corrected chi connectivity index (χ3v) is 2.77. The van der Waals surface area contributed by atoms with Gasteiger partial charge in [-0.25, -0.2) is 4.99 Å². The Morgan fingerprint density at radius 2 is 1.94 bits per heavy atom. The lowest BCUT2D eigenvalue weighted by molar-refractivity contribution is 0.399. The third kappa shape index (κ3) is 2.02. The van der Waals surface area contributed by atoms with Crippen LogP contribution in [0.2, 0.25) is 0 Å². The molecule has 1 heterocycles. The van der Waals surface area contributed by atoms with E-state index in [1.807, 2.05) is 43.5 Å². The molecule has 0 unspecified atom stereocenters. The van der Waals surface area contributed by atoms with Crippen molar-refractivity contribution in [2.45, 2.75) is 6.92 Å². The molecule has 0 radical (unpaired) electrons. The van der Waals surface area contributed by atoms with Gasteiger partial charge in [-0.3, -0.25) is 0 Å². The van der Waals surface area contributed by atoms with E-state index in [-0.39, 0.29) is 0 Å². The largest absolute Gasteiger partial charge is 0.359 e. The molecular weight excluding hydrogens is 224 g/mol. The lowest BCUT2D eigenvalue weighted by atomic mass is 10.1. The fourth-order valence-electron chi connectivity index (χ4n) is 1.91. The summed E-state index contributed by atoms with van der Waals surface area (Å²) in [6.07, 6.45) is 1.82. The molecule has 0 amide bonds. The molecule has 0 fully saturated rings. The van der Waals surface area contributed by atoms with Gasteiger partial charge in [0.25, 0.3) is 0 Å². The molecule has 3 heteroatoms. The van der Waals surface area contributed by atoms with E-state index in [9.17, 15) is 0 Å². The zero-order valence-corrected chi connectivity index (χ0v) is 10.00. The summed E-state index contributed by atoms with van der Waals surface area (Å²) in [5.74, 6) is 1.36. The van der Waals surface area contributed by atoms with Crippen molar-refractivity contribution in [3.8, 4) is 0 Å². The van der Waals surface area contributed by atoms with Crippen LogP contribution < -0.4 is 0 Å². The first-order valence-corrected chi connectivity index (χ1v) is 5.78. The van der Waals surface area contributed by atoms with Crippen molar-refractivity contribution in [3.63, 3.8) is 0 Å². The molecule has 0 spiro atoms. The first-order valence-electron chi connectivity index (χ1n) is 5.78. The van der Waals surface area contributed by atoms with Gasteiger partial charge in [0.2, 0.25) is 0 Å². The van der Waals surface area contributed by atoms with E-state index in [0.717, 1.165) is 11.3 Å². The van der Waals surface area contributed by atoms with Gasteiger partial charge in [0, 0.05) is 17.8 Å². The third-order valence-electron chi connectivity index (χ3n) is 2.77. The van der Waals surface area contributed by atoms with Gasteiger partial charge in [-0.2, -0.15) is 0 Å². The van der Waals surface area contributed by atoms with Crippen LogP contribution in [0.25, 0.3) is 10.8 Å². The van der Waals surface area contributed by atoms with Crippen molar-refractivity contribution in [1.29, 1.82) is 0 Å². The van der Waals surface area contributed by atoms with Crippen LogP contribution in [0.3, 0.4) is 0 Å². The molecule has 0 N–H and O–H groups in total. The molecule has 0 atom stereocenters. The second kappa shape index (κ2) is 4.45. The lowest BCUT2D eigenvalue weighted by Gasteiger charge is -2.00. The number of nitrogens with zero attached hydrogens (tertiary/aromatic N) is 2. The van der Waals surface area contributed by atoms with E-state index in [1.54, 1.807) is 0 Å². The number of aliphatic imine (C=N–C) groups is 1. The molecule has 0 saturated heterocycles. The van der Waals surface area contributed by atoms with Gasteiger partial charge in [0.05, 0.1) is 0 Å². The standard InChI is InChI=1S/C15H12N2O/c1-11-9-15(17-18-11)16-10-13-7-4-6-12-5-2-3-8-14(12)13/h2-10H,1H3. The molecule has 1 aromatic heterocycles. The fraction of sp³-hybridized carbons (Fsp3) is 0.0667. The predicted octanol–water partition coefficient (Wildman–Crippen LogP) is 3.89. The van der Waals surface area contributed by atoms with Crippen molar-refractivity contribution in [2.75, 3.05) is 0 Å². The number of benzene rings is 2. The summed E-state index contributed by atoms with van der Waals surface area (Å²) in [6.45, 7) is 1.85. The van der Waals surface area contributed by atoms with Crippen molar-refractivity contribution in [1.82, 2.24) is 5.16 Å². The van der Waals surface area contributed by atoms with Gasteiger partial charge in [0.1, 0.15) is 5.76 Å². The normalized spacial score (nSPS) is 11.4. The summed E-state index contributed by atoms with van der Waals surface area (Å²) < 4.78 is 4.98. The molecular formula is C15H12N2O. The summed E-state index contributed by atoms with van der Waals surface area (Å²) in [6, 6.07) is 16.2. The molecule has 0 bridgehead atoms. The summed E-state index contributed by atoms with van der Waals surface area (Å²) in [7, 11) is 0. The molecule has 0 saturated carbocycles. The van der Waals surface area contributed by atoms with E-state index in [1.165, 1.54) is 10.8 Å². The first kappa shape index (κ1) is 10.7. The minimum absolute atomic E-state index is 0.598. The van der Waals surface area contributed by atoms with Crippen molar-refractivity contribution < 1.29 is 4.52 Å². The molecule has 0 aliphatic rings. The van der Waals surface area contributed by atoms with Crippen molar-refractivity contribution in [3.05, 3.63) is 59.9 Å². The van der Waals surface area contributed by atoms with Crippen molar-refractivity contribution in [2.24, 2.45) is 4.99 Å². The molecule has 88 valence electrons. The molecule has 2 aromatic carbocycles. The summed E-state index contributed by atoms with van der Waals surface area (Å²) in [5.41, 5.74) is 1.08. The van der Waals surface area contributed by atoms with Gasteiger partial charge in [-0.05, 0) is 17.7 Å². The van der Waals surface area contributed by atoms with Gasteiger partial charge in [-0.15, -0.1) is 0 Å². The van der Waals surface area contributed by atoms with Crippen LogP contribution >= 0.6 is 0 Å². The highest BCUT2D eigenvalue weighted by Gasteiger charge is 1.99. The summed E-state index contributed by atoms with van der Waals surface area (Å²) in [4.78, 5) is 4.32. The van der Waals surface area contributed by atoms with Gasteiger partial charge in [0.15, 0.2) is 5.82 Å². The Labute approximate surface area is 105 Å². The highest BCUT2D eigenvalue weighted by Crippen LogP contribution is 2.18. The molecule has 3 rings (SSSR count). The number of hydrogen-bond acceptors (Lipinski definition) is 3. The van der Waals surface area contributed by atoms with Crippen LogP contribution in [0.1, 0.15) is 11.3 Å². The quantitative estimate of drug-likeness (QED) is 0.633. The minimum atomic E-state index is 0.598. The maximum Gasteiger partial charge on any atom is 0.195 e. The predicted molar refractivity (Wildman–Crippen MR) is 72.4 cm³/mol. The SMILES string of the molecule is Cc1cc(N=Cc2cccc3ccccc23)no1. The Morgan fingerprint density at radius 3 is 2.78 bits per heavy atom. The summed E-state index contributed by atoms with van der Waals surface area (Å²) in [5, 5.41) is 6.23. The van der Waals surface area contributed by atoms with Crippen LogP contribution in [-0.2, 0) is 0 Å². The molecule has 0 aliphatic heterocycles. The van der Waals surface area contributed by atoms with Gasteiger partial charge < -0.3 is 4.52 Å². The molecule has 3 nitrogen and oxygen atoms in total. The summed E-state index contributed by atoms with van der Waals surface area (Å²) >= 11 is 0. The highest BCUT2D eigenvalue weighted by molar-refractivity contribution is 6.00. The second-order valence-corrected chi connectivity index (χ2v) is 4.12. The van der Waals surface area contributed by atoms with Crippen LogP contribution in [-0.4, -0.2) is 11.4 Å². The van der Waals surface area contributed by atoms with Crippen LogP contribution in [0.5, 0.6) is 0 Å². The number of fused-ring (bicyclic) bond motifs is 1. The Bertz CT molecular complexity index is 708. The van der Waals surface area contributed by atoms with Crippen molar-refractivity contribution >= 4 is 22.8 Å². The van der Waals surface area contributed by atoms with E-state index < -0.39 is 0 Å². The van der Waals surface area contributed by atoms with Crippen LogP contribution in [0.15, 0.2) is 58.0 Å². The van der Waals surface area contributed by atoms with E-state index >= 15 is 0 Å². The van der Waals surface area contributed by atoms with Crippen LogP contribution in [0, 0.1) is 6.92 Å². The zero-order chi connectivity index (χ0) is 12.4. The van der Waals surface area contributed by atoms with Gasteiger partial charge in [-0.1, -0.05) is 47.6 Å². The monoisotopic (exact) mass is 236 g/mol. The van der Waals surface area contributed by atoms with Crippen LogP contribution in [0.4, 0.5) is 5.82 Å². The number of hydrogen-bond donors (Lipinski definition) is 0. The maximum absolute atomic E-state index is 4.98. The Balaban J connectivity index is 2.02. The van der Waals surface area contributed by atoms with E-state index in [0.29, 0.717) is 5.82 Å². The number of aromatic nitrogens is 1. The fourth-order valence-corrected chi connectivity index (χ4v) is 1.91. The Morgan fingerprint density at radius 1 is 1.11 bits per heavy atom. The smallest absolute Gasteiger partial charge is 0.195 e. The molecule has 0 aliphatic carbocycles. The maximum atomic E-state index is 4.98. The Hall–Kier alpha value is -2.42. The number of rotatable bonds is 2. The number of aryl methyl sites for hydroxylation is 1. The lowest BCUT2D eigenvalue weighted by Crippen LogP contribution is -1.83.